The van der Waals surface area contributed by atoms with Crippen LogP contribution in [0.5, 0.6) is 0 Å². The van der Waals surface area contributed by atoms with Gasteiger partial charge < -0.3 is 14.4 Å². The minimum atomic E-state index is 0.325. The van der Waals surface area contributed by atoms with E-state index in [0.717, 1.165) is 69.1 Å². The van der Waals surface area contributed by atoms with Gasteiger partial charge in [-0.15, -0.1) is 0 Å². The molecule has 3 heterocycles. The summed E-state index contributed by atoms with van der Waals surface area (Å²) in [7, 11) is 0. The van der Waals surface area contributed by atoms with Gasteiger partial charge >= 0.3 is 0 Å². The summed E-state index contributed by atoms with van der Waals surface area (Å²) in [6.07, 6.45) is 4.70. The lowest BCUT2D eigenvalue weighted by atomic mass is 10.0. The molecular formula is C18H25N3O2. The summed E-state index contributed by atoms with van der Waals surface area (Å²) in [5.74, 6) is 0.842. The van der Waals surface area contributed by atoms with Crippen molar-refractivity contribution in [3.63, 3.8) is 0 Å². The minimum Gasteiger partial charge on any atom is -0.381 e. The van der Waals surface area contributed by atoms with E-state index in [4.69, 9.17) is 9.47 Å². The third-order valence-electron chi connectivity index (χ3n) is 4.73. The smallest absolute Gasteiger partial charge is 0.147 e. The Labute approximate surface area is 138 Å². The normalized spacial score (nSPS) is 20.5. The van der Waals surface area contributed by atoms with E-state index in [-0.39, 0.29) is 0 Å². The molecule has 2 saturated heterocycles. The summed E-state index contributed by atoms with van der Waals surface area (Å²) in [6.45, 7) is 7.41. The number of anilines is 1. The molecule has 0 saturated carbocycles. The van der Waals surface area contributed by atoms with Crippen LogP contribution in [0.2, 0.25) is 0 Å². The molecule has 0 N–H and O–H groups in total. The number of rotatable bonds is 3. The quantitative estimate of drug-likeness (QED) is 0.858. The van der Waals surface area contributed by atoms with Gasteiger partial charge in [-0.05, 0) is 51.2 Å². The topological polar surface area (TPSA) is 58.4 Å². The molecule has 1 aromatic heterocycles. The van der Waals surface area contributed by atoms with Crippen molar-refractivity contribution in [3.05, 3.63) is 22.9 Å². The molecule has 0 bridgehead atoms. The SMILES string of the molecule is Cc1cc(C)c(C#N)c(N2CCC(OC3CCOCC3)CC2)n1. The molecule has 0 amide bonds. The molecule has 2 aliphatic rings. The lowest BCUT2D eigenvalue weighted by molar-refractivity contribution is -0.0743. The average molecular weight is 315 g/mol. The van der Waals surface area contributed by atoms with Gasteiger partial charge in [-0.3, -0.25) is 0 Å². The summed E-state index contributed by atoms with van der Waals surface area (Å²) < 4.78 is 11.6. The van der Waals surface area contributed by atoms with Crippen molar-refractivity contribution < 1.29 is 9.47 Å². The fourth-order valence-electron chi connectivity index (χ4n) is 3.47. The second-order valence-corrected chi connectivity index (χ2v) is 6.53. The van der Waals surface area contributed by atoms with Gasteiger partial charge in [0.1, 0.15) is 11.9 Å². The lowest BCUT2D eigenvalue weighted by Crippen LogP contribution is -2.40. The van der Waals surface area contributed by atoms with Gasteiger partial charge in [0.25, 0.3) is 0 Å². The molecule has 0 spiro atoms. The van der Waals surface area contributed by atoms with Crippen molar-refractivity contribution in [2.75, 3.05) is 31.2 Å². The predicted octanol–water partition coefficient (Wildman–Crippen LogP) is 2.73. The van der Waals surface area contributed by atoms with Gasteiger partial charge in [-0.2, -0.15) is 5.26 Å². The van der Waals surface area contributed by atoms with E-state index >= 15 is 0 Å². The fraction of sp³-hybridized carbons (Fsp3) is 0.667. The van der Waals surface area contributed by atoms with Crippen molar-refractivity contribution >= 4 is 5.82 Å². The summed E-state index contributed by atoms with van der Waals surface area (Å²) in [4.78, 5) is 6.85. The molecule has 0 unspecified atom stereocenters. The second kappa shape index (κ2) is 7.29. The van der Waals surface area contributed by atoms with Gasteiger partial charge in [0.05, 0.1) is 17.8 Å². The fourth-order valence-corrected chi connectivity index (χ4v) is 3.47. The van der Waals surface area contributed by atoms with Gasteiger partial charge in [0.15, 0.2) is 0 Å². The van der Waals surface area contributed by atoms with Crippen LogP contribution < -0.4 is 4.90 Å². The Hall–Kier alpha value is -1.64. The van der Waals surface area contributed by atoms with Crippen molar-refractivity contribution in [2.24, 2.45) is 0 Å². The molecule has 0 aromatic carbocycles. The van der Waals surface area contributed by atoms with Crippen LogP contribution >= 0.6 is 0 Å². The first kappa shape index (κ1) is 16.2. The van der Waals surface area contributed by atoms with Crippen LogP contribution in [0.25, 0.3) is 0 Å². The number of aromatic nitrogens is 1. The number of nitriles is 1. The number of pyridine rings is 1. The molecule has 23 heavy (non-hydrogen) atoms. The third-order valence-corrected chi connectivity index (χ3v) is 4.73. The standard InChI is InChI=1S/C18H25N3O2/c1-13-11-14(2)20-18(17(13)12-19)21-7-3-15(4-8-21)23-16-5-9-22-10-6-16/h11,15-16H,3-10H2,1-2H3. The van der Waals surface area contributed by atoms with Crippen molar-refractivity contribution in [2.45, 2.75) is 51.7 Å². The maximum absolute atomic E-state index is 9.44. The molecule has 0 atom stereocenters. The zero-order chi connectivity index (χ0) is 16.2. The van der Waals surface area contributed by atoms with Crippen LogP contribution in [-0.4, -0.2) is 43.5 Å². The number of nitrogens with zero attached hydrogens (tertiary/aromatic N) is 3. The molecule has 5 nitrogen and oxygen atoms in total. The van der Waals surface area contributed by atoms with Crippen LogP contribution in [-0.2, 0) is 9.47 Å². The molecule has 2 fully saturated rings. The molecule has 2 aliphatic heterocycles. The molecular weight excluding hydrogens is 290 g/mol. The summed E-state index contributed by atoms with van der Waals surface area (Å²) in [6, 6.07) is 4.29. The maximum Gasteiger partial charge on any atom is 0.147 e. The summed E-state index contributed by atoms with van der Waals surface area (Å²) in [5.41, 5.74) is 2.69. The van der Waals surface area contributed by atoms with Gasteiger partial charge in [-0.25, -0.2) is 4.98 Å². The summed E-state index contributed by atoms with van der Waals surface area (Å²) >= 11 is 0. The number of aryl methyl sites for hydroxylation is 2. The van der Waals surface area contributed by atoms with E-state index in [1.165, 1.54) is 0 Å². The number of piperidine rings is 1. The first-order valence-electron chi connectivity index (χ1n) is 8.54. The lowest BCUT2D eigenvalue weighted by Gasteiger charge is -2.36. The molecule has 5 heteroatoms. The summed E-state index contributed by atoms with van der Waals surface area (Å²) in [5, 5.41) is 9.44. The highest BCUT2D eigenvalue weighted by atomic mass is 16.5. The Kier molecular flexibility index (Phi) is 5.14. The Morgan fingerprint density at radius 1 is 1.17 bits per heavy atom. The van der Waals surface area contributed by atoms with E-state index in [2.05, 4.69) is 16.0 Å². The Morgan fingerprint density at radius 2 is 1.83 bits per heavy atom. The van der Waals surface area contributed by atoms with Gasteiger partial charge in [0, 0.05) is 32.0 Å². The van der Waals surface area contributed by atoms with E-state index in [1.807, 2.05) is 19.9 Å². The van der Waals surface area contributed by atoms with Crippen LogP contribution in [0.4, 0.5) is 5.82 Å². The number of ether oxygens (including phenoxy) is 2. The van der Waals surface area contributed by atoms with Crippen LogP contribution in [0, 0.1) is 25.2 Å². The minimum absolute atomic E-state index is 0.325. The third kappa shape index (κ3) is 3.82. The first-order valence-corrected chi connectivity index (χ1v) is 8.54. The van der Waals surface area contributed by atoms with Crippen LogP contribution in [0.15, 0.2) is 6.07 Å². The zero-order valence-electron chi connectivity index (χ0n) is 14.0. The van der Waals surface area contributed by atoms with E-state index in [0.29, 0.717) is 17.8 Å². The van der Waals surface area contributed by atoms with Crippen molar-refractivity contribution in [1.29, 1.82) is 5.26 Å². The predicted molar refractivity (Wildman–Crippen MR) is 88.6 cm³/mol. The molecule has 1 aromatic rings. The Morgan fingerprint density at radius 3 is 2.48 bits per heavy atom. The van der Waals surface area contributed by atoms with Gasteiger partial charge in [-0.1, -0.05) is 0 Å². The molecule has 0 radical (unpaired) electrons. The zero-order valence-corrected chi connectivity index (χ0v) is 14.0. The van der Waals surface area contributed by atoms with E-state index in [1.54, 1.807) is 0 Å². The second-order valence-electron chi connectivity index (χ2n) is 6.53. The van der Waals surface area contributed by atoms with E-state index < -0.39 is 0 Å². The van der Waals surface area contributed by atoms with Gasteiger partial charge in [0.2, 0.25) is 0 Å². The van der Waals surface area contributed by atoms with Crippen LogP contribution in [0.1, 0.15) is 42.5 Å². The van der Waals surface area contributed by atoms with Crippen molar-refractivity contribution in [3.8, 4) is 6.07 Å². The highest BCUT2D eigenvalue weighted by Gasteiger charge is 2.26. The molecule has 0 aliphatic carbocycles. The first-order chi connectivity index (χ1) is 11.2. The highest BCUT2D eigenvalue weighted by molar-refractivity contribution is 5.58. The number of hydrogen-bond donors (Lipinski definition) is 0. The monoisotopic (exact) mass is 315 g/mol. The molecule has 3 rings (SSSR count). The Balaban J connectivity index is 1.62. The van der Waals surface area contributed by atoms with Crippen LogP contribution in [0.3, 0.4) is 0 Å². The highest BCUT2D eigenvalue weighted by Crippen LogP contribution is 2.27. The number of hydrogen-bond acceptors (Lipinski definition) is 5. The Bertz CT molecular complexity index is 583. The van der Waals surface area contributed by atoms with E-state index in [9.17, 15) is 5.26 Å². The maximum atomic E-state index is 9.44. The largest absolute Gasteiger partial charge is 0.381 e. The van der Waals surface area contributed by atoms with Crippen molar-refractivity contribution in [1.82, 2.24) is 4.98 Å². The average Bonchev–Trinajstić information content (AvgIpc) is 2.56. The molecule has 124 valence electrons.